The summed E-state index contributed by atoms with van der Waals surface area (Å²) >= 11 is 1.64. The summed E-state index contributed by atoms with van der Waals surface area (Å²) < 4.78 is 7.44. The Morgan fingerprint density at radius 1 is 1.22 bits per heavy atom. The molecule has 0 unspecified atom stereocenters. The molecular weight excluding hydrogens is 424 g/mol. The summed E-state index contributed by atoms with van der Waals surface area (Å²) in [6.45, 7) is 1.81. The van der Waals surface area contributed by atoms with E-state index < -0.39 is 0 Å². The second-order valence-corrected chi connectivity index (χ2v) is 8.92. The molecule has 2 aromatic heterocycles. The van der Waals surface area contributed by atoms with Crippen molar-refractivity contribution in [1.82, 2.24) is 30.4 Å². The van der Waals surface area contributed by atoms with Gasteiger partial charge in [-0.25, -0.2) is 4.68 Å². The average molecular weight is 449 g/mol. The van der Waals surface area contributed by atoms with E-state index in [4.69, 9.17) is 4.74 Å². The van der Waals surface area contributed by atoms with Crippen LogP contribution in [0.4, 0.5) is 0 Å². The minimum absolute atomic E-state index is 0.0215. The summed E-state index contributed by atoms with van der Waals surface area (Å²) in [6, 6.07) is 16.1. The number of aromatic nitrogens is 4. The first-order valence-electron chi connectivity index (χ1n) is 10.5. The number of carbonyl (C=O) groups is 1. The fourth-order valence-corrected chi connectivity index (χ4v) is 5.08. The Balaban J connectivity index is 1.43. The number of ether oxygens (including phenoxy) is 1. The first kappa shape index (κ1) is 20.6. The lowest BCUT2D eigenvalue weighted by atomic mass is 10.0. The average Bonchev–Trinajstić information content (AvgIpc) is 3.59. The molecule has 5 rings (SSSR count). The molecule has 0 bridgehead atoms. The Morgan fingerprint density at radius 3 is 2.91 bits per heavy atom. The highest BCUT2D eigenvalue weighted by atomic mass is 32.1. The van der Waals surface area contributed by atoms with Crippen LogP contribution in [0.3, 0.4) is 0 Å². The fraction of sp³-hybridized carbons (Fsp3) is 0.304. The molecule has 9 heteroatoms. The second kappa shape index (κ2) is 9.05. The Kier molecular flexibility index (Phi) is 5.83. The smallest absolute Gasteiger partial charge is 0.237 e. The lowest BCUT2D eigenvalue weighted by Gasteiger charge is -2.25. The molecule has 1 amide bonds. The third-order valence-corrected chi connectivity index (χ3v) is 6.90. The molecule has 1 N–H and O–H groups in total. The maximum atomic E-state index is 13.2. The van der Waals surface area contributed by atoms with Crippen molar-refractivity contribution in [1.29, 1.82) is 0 Å². The first-order valence-corrected chi connectivity index (χ1v) is 11.4. The van der Waals surface area contributed by atoms with Crippen LogP contribution in [0.25, 0.3) is 10.8 Å². The van der Waals surface area contributed by atoms with Crippen LogP contribution in [0.5, 0.6) is 5.75 Å². The Morgan fingerprint density at radius 2 is 2.12 bits per heavy atom. The van der Waals surface area contributed by atoms with Gasteiger partial charge in [-0.2, -0.15) is 0 Å². The molecular formula is C23H24N6O2S. The van der Waals surface area contributed by atoms with Gasteiger partial charge in [0, 0.05) is 23.5 Å². The van der Waals surface area contributed by atoms with Crippen molar-refractivity contribution in [3.05, 3.63) is 70.7 Å². The standard InChI is InChI=1S/C23H24N6O2S/c1-31-22-9-8-16-5-2-3-7-19(16)20(22)14-28-13-17(29-15-25-26-27-29)11-21(28)23(30)24-12-18-6-4-10-32-18/h2-10,15,17,21H,11-14H2,1H3,(H,24,30)/t17-,21+/m1/s1. The highest BCUT2D eigenvalue weighted by Crippen LogP contribution is 2.34. The zero-order valence-electron chi connectivity index (χ0n) is 17.7. The number of hydrogen-bond acceptors (Lipinski definition) is 7. The van der Waals surface area contributed by atoms with E-state index in [1.165, 1.54) is 0 Å². The van der Waals surface area contributed by atoms with Gasteiger partial charge in [0.25, 0.3) is 0 Å². The Labute approximate surface area is 189 Å². The summed E-state index contributed by atoms with van der Waals surface area (Å²) in [5.41, 5.74) is 1.08. The number of benzene rings is 2. The minimum atomic E-state index is -0.284. The van der Waals surface area contributed by atoms with E-state index in [9.17, 15) is 4.79 Å². The van der Waals surface area contributed by atoms with Crippen molar-refractivity contribution in [2.75, 3.05) is 13.7 Å². The molecule has 1 fully saturated rings. The molecule has 0 aliphatic carbocycles. The zero-order valence-corrected chi connectivity index (χ0v) is 18.5. The fourth-order valence-electron chi connectivity index (χ4n) is 4.43. The molecule has 3 heterocycles. The number of nitrogens with one attached hydrogen (secondary N) is 1. The van der Waals surface area contributed by atoms with Crippen LogP contribution in [0.15, 0.2) is 60.2 Å². The summed E-state index contributed by atoms with van der Waals surface area (Å²) in [5, 5.41) is 19.1. The second-order valence-electron chi connectivity index (χ2n) is 7.89. The van der Waals surface area contributed by atoms with Crippen LogP contribution in [0.1, 0.15) is 22.9 Å². The van der Waals surface area contributed by atoms with E-state index in [1.807, 2.05) is 35.7 Å². The summed E-state index contributed by atoms with van der Waals surface area (Å²) in [4.78, 5) is 16.6. The van der Waals surface area contributed by atoms with Crippen molar-refractivity contribution in [3.8, 4) is 5.75 Å². The van der Waals surface area contributed by atoms with Gasteiger partial charge in [-0.05, 0) is 45.1 Å². The summed E-state index contributed by atoms with van der Waals surface area (Å²) in [5.74, 6) is 0.848. The summed E-state index contributed by atoms with van der Waals surface area (Å²) in [6.07, 6.45) is 2.27. The van der Waals surface area contributed by atoms with E-state index in [0.29, 0.717) is 26.1 Å². The number of hydrogen-bond donors (Lipinski definition) is 1. The van der Waals surface area contributed by atoms with Crippen molar-refractivity contribution >= 4 is 28.0 Å². The molecule has 4 aromatic rings. The first-order chi connectivity index (χ1) is 15.7. The van der Waals surface area contributed by atoms with Gasteiger partial charge in [0.15, 0.2) is 0 Å². The molecule has 0 radical (unpaired) electrons. The van der Waals surface area contributed by atoms with E-state index >= 15 is 0 Å². The predicted octanol–water partition coefficient (Wildman–Crippen LogP) is 3.03. The monoisotopic (exact) mass is 448 g/mol. The van der Waals surface area contributed by atoms with Gasteiger partial charge >= 0.3 is 0 Å². The van der Waals surface area contributed by atoms with E-state index in [-0.39, 0.29) is 18.0 Å². The molecule has 2 atom stereocenters. The molecule has 1 aliphatic rings. The number of thiophene rings is 1. The minimum Gasteiger partial charge on any atom is -0.496 e. The van der Waals surface area contributed by atoms with Crippen molar-refractivity contribution in [2.24, 2.45) is 0 Å². The van der Waals surface area contributed by atoms with Crippen molar-refractivity contribution in [2.45, 2.75) is 31.6 Å². The number of nitrogens with zero attached hydrogens (tertiary/aromatic N) is 5. The highest BCUT2D eigenvalue weighted by molar-refractivity contribution is 7.09. The van der Waals surface area contributed by atoms with Gasteiger partial charge in [-0.1, -0.05) is 36.4 Å². The third-order valence-electron chi connectivity index (χ3n) is 6.02. The predicted molar refractivity (Wildman–Crippen MR) is 122 cm³/mol. The van der Waals surface area contributed by atoms with Crippen molar-refractivity contribution < 1.29 is 9.53 Å². The van der Waals surface area contributed by atoms with Crippen molar-refractivity contribution in [3.63, 3.8) is 0 Å². The molecule has 8 nitrogen and oxygen atoms in total. The van der Waals surface area contributed by atoms with Crippen LogP contribution in [-0.4, -0.2) is 50.7 Å². The molecule has 32 heavy (non-hydrogen) atoms. The molecule has 0 saturated carbocycles. The van der Waals surface area contributed by atoms with Gasteiger partial charge in [0.2, 0.25) is 5.91 Å². The SMILES string of the molecule is COc1ccc2ccccc2c1CN1C[C@H](n2cnnn2)C[C@H]1C(=O)NCc1cccs1. The number of carbonyl (C=O) groups excluding carboxylic acids is 1. The molecule has 2 aromatic carbocycles. The zero-order chi connectivity index (χ0) is 21.9. The topological polar surface area (TPSA) is 85.2 Å². The number of rotatable bonds is 7. The lowest BCUT2D eigenvalue weighted by Crippen LogP contribution is -2.42. The van der Waals surface area contributed by atoms with E-state index in [0.717, 1.165) is 27.0 Å². The van der Waals surface area contributed by atoms with Gasteiger partial charge in [-0.3, -0.25) is 9.69 Å². The molecule has 0 spiro atoms. The van der Waals surface area contributed by atoms with Crippen LogP contribution >= 0.6 is 11.3 Å². The lowest BCUT2D eigenvalue weighted by molar-refractivity contribution is -0.125. The van der Waals surface area contributed by atoms with Crippen LogP contribution in [0, 0.1) is 0 Å². The third kappa shape index (κ3) is 4.09. The van der Waals surface area contributed by atoms with Gasteiger partial charge in [0.1, 0.15) is 12.1 Å². The Hall–Kier alpha value is -3.30. The maximum Gasteiger partial charge on any atom is 0.237 e. The number of amides is 1. The van der Waals surface area contributed by atoms with Gasteiger partial charge in [-0.15, -0.1) is 16.4 Å². The largest absolute Gasteiger partial charge is 0.496 e. The van der Waals surface area contributed by atoms with Crippen LogP contribution in [0.2, 0.25) is 0 Å². The Bertz CT molecular complexity index is 1190. The number of tetrazole rings is 1. The van der Waals surface area contributed by atoms with Crippen LogP contribution < -0.4 is 10.1 Å². The van der Waals surface area contributed by atoms with Gasteiger partial charge < -0.3 is 10.1 Å². The van der Waals surface area contributed by atoms with E-state index in [2.05, 4.69) is 43.9 Å². The van der Waals surface area contributed by atoms with Crippen LogP contribution in [-0.2, 0) is 17.9 Å². The molecule has 1 aliphatic heterocycles. The highest BCUT2D eigenvalue weighted by Gasteiger charge is 2.38. The van der Waals surface area contributed by atoms with Gasteiger partial charge in [0.05, 0.1) is 25.7 Å². The number of fused-ring (bicyclic) bond motifs is 1. The number of methoxy groups -OCH3 is 1. The quantitative estimate of drug-likeness (QED) is 0.468. The summed E-state index contributed by atoms with van der Waals surface area (Å²) in [7, 11) is 1.69. The maximum absolute atomic E-state index is 13.2. The molecule has 164 valence electrons. The number of likely N-dealkylation sites (tertiary alicyclic amines) is 1. The van der Waals surface area contributed by atoms with E-state index in [1.54, 1.807) is 29.5 Å². The normalized spacial score (nSPS) is 18.8. The molecule has 1 saturated heterocycles.